The zero-order chi connectivity index (χ0) is 9.56. The van der Waals surface area contributed by atoms with Gasteiger partial charge in [0.2, 0.25) is 0 Å². The van der Waals surface area contributed by atoms with Crippen molar-refractivity contribution in [2.24, 2.45) is 5.92 Å². The standard InChI is InChI=1S/C9H19NO2.ClH/c1-4-8(2)7-10(3)6-5-9(11)12;/h8H,4-7H2,1-3H3,(H,11,12);1H. The summed E-state index contributed by atoms with van der Waals surface area (Å²) in [6.45, 7) is 5.97. The van der Waals surface area contributed by atoms with Gasteiger partial charge in [-0.05, 0) is 13.0 Å². The van der Waals surface area contributed by atoms with Crippen molar-refractivity contribution in [3.63, 3.8) is 0 Å². The molecule has 0 heterocycles. The summed E-state index contributed by atoms with van der Waals surface area (Å²) in [5.74, 6) is -0.0604. The molecule has 0 bridgehead atoms. The maximum Gasteiger partial charge on any atom is 0.304 e. The average molecular weight is 210 g/mol. The van der Waals surface area contributed by atoms with Crippen molar-refractivity contribution in [3.05, 3.63) is 0 Å². The van der Waals surface area contributed by atoms with Gasteiger partial charge < -0.3 is 10.0 Å². The fourth-order valence-electron chi connectivity index (χ4n) is 1.04. The molecule has 0 saturated carbocycles. The van der Waals surface area contributed by atoms with Gasteiger partial charge in [-0.25, -0.2) is 0 Å². The van der Waals surface area contributed by atoms with Gasteiger partial charge in [-0.2, -0.15) is 0 Å². The van der Waals surface area contributed by atoms with Crippen LogP contribution in [0.5, 0.6) is 0 Å². The lowest BCUT2D eigenvalue weighted by Gasteiger charge is -2.19. The fourth-order valence-corrected chi connectivity index (χ4v) is 1.04. The van der Waals surface area contributed by atoms with Crippen molar-refractivity contribution < 1.29 is 9.90 Å². The molecule has 0 saturated heterocycles. The monoisotopic (exact) mass is 209 g/mol. The number of rotatable bonds is 6. The molecule has 0 aliphatic carbocycles. The van der Waals surface area contributed by atoms with Crippen LogP contribution >= 0.6 is 12.4 Å². The Hall–Kier alpha value is -0.280. The fraction of sp³-hybridized carbons (Fsp3) is 0.889. The quantitative estimate of drug-likeness (QED) is 0.726. The molecule has 0 spiro atoms. The highest BCUT2D eigenvalue weighted by atomic mass is 35.5. The minimum Gasteiger partial charge on any atom is -0.481 e. The van der Waals surface area contributed by atoms with Crippen LogP contribution in [-0.2, 0) is 4.79 Å². The van der Waals surface area contributed by atoms with Gasteiger partial charge in [-0.3, -0.25) is 4.79 Å². The Morgan fingerprint density at radius 2 is 2.08 bits per heavy atom. The van der Waals surface area contributed by atoms with E-state index in [0.717, 1.165) is 13.0 Å². The minimum atomic E-state index is -0.717. The average Bonchev–Trinajstić information content (AvgIpc) is 2.00. The SMILES string of the molecule is CCC(C)CN(C)CCC(=O)O.Cl. The van der Waals surface area contributed by atoms with Gasteiger partial charge in [0.1, 0.15) is 0 Å². The lowest BCUT2D eigenvalue weighted by Crippen LogP contribution is -2.26. The lowest BCUT2D eigenvalue weighted by molar-refractivity contribution is -0.137. The van der Waals surface area contributed by atoms with E-state index in [0.29, 0.717) is 12.5 Å². The molecule has 1 atom stereocenters. The van der Waals surface area contributed by atoms with Crippen LogP contribution in [0.2, 0.25) is 0 Å². The van der Waals surface area contributed by atoms with E-state index in [9.17, 15) is 4.79 Å². The second-order valence-corrected chi connectivity index (χ2v) is 3.42. The first-order valence-electron chi connectivity index (χ1n) is 4.46. The van der Waals surface area contributed by atoms with Crippen LogP contribution < -0.4 is 0 Å². The predicted octanol–water partition coefficient (Wildman–Crippen LogP) is 1.86. The Labute approximate surface area is 86.5 Å². The number of carboxylic acids is 1. The Balaban J connectivity index is 0. The number of hydrogen-bond acceptors (Lipinski definition) is 2. The zero-order valence-corrected chi connectivity index (χ0v) is 9.43. The van der Waals surface area contributed by atoms with E-state index >= 15 is 0 Å². The zero-order valence-electron chi connectivity index (χ0n) is 8.62. The number of aliphatic carboxylic acids is 1. The summed E-state index contributed by atoms with van der Waals surface area (Å²) in [7, 11) is 1.97. The molecule has 0 amide bonds. The van der Waals surface area contributed by atoms with Crippen molar-refractivity contribution in [1.29, 1.82) is 0 Å². The van der Waals surface area contributed by atoms with E-state index in [2.05, 4.69) is 18.7 Å². The highest BCUT2D eigenvalue weighted by Gasteiger charge is 2.05. The summed E-state index contributed by atoms with van der Waals surface area (Å²) < 4.78 is 0. The Bertz CT molecular complexity index is 142. The molecule has 0 rings (SSSR count). The van der Waals surface area contributed by atoms with E-state index in [1.807, 2.05) is 7.05 Å². The van der Waals surface area contributed by atoms with E-state index in [1.165, 1.54) is 0 Å². The summed E-state index contributed by atoms with van der Waals surface area (Å²) in [6, 6.07) is 0. The summed E-state index contributed by atoms with van der Waals surface area (Å²) in [4.78, 5) is 12.3. The highest BCUT2D eigenvalue weighted by molar-refractivity contribution is 5.85. The first kappa shape index (κ1) is 15.2. The maximum atomic E-state index is 10.2. The number of carboxylic acid groups (broad SMARTS) is 1. The first-order chi connectivity index (χ1) is 5.56. The predicted molar refractivity (Wildman–Crippen MR) is 56.5 cm³/mol. The van der Waals surface area contributed by atoms with Crippen LogP contribution in [0.25, 0.3) is 0 Å². The molecule has 0 aliphatic rings. The van der Waals surface area contributed by atoms with E-state index in [-0.39, 0.29) is 18.8 Å². The van der Waals surface area contributed by atoms with Gasteiger partial charge in [0, 0.05) is 13.1 Å². The van der Waals surface area contributed by atoms with Crippen LogP contribution in [0, 0.1) is 5.92 Å². The number of carbonyl (C=O) groups is 1. The van der Waals surface area contributed by atoms with Crippen molar-refractivity contribution in [2.45, 2.75) is 26.7 Å². The molecule has 0 aromatic carbocycles. The van der Waals surface area contributed by atoms with Crippen molar-refractivity contribution >= 4 is 18.4 Å². The van der Waals surface area contributed by atoms with E-state index in [1.54, 1.807) is 0 Å². The second-order valence-electron chi connectivity index (χ2n) is 3.42. The summed E-state index contributed by atoms with van der Waals surface area (Å²) in [6.07, 6.45) is 1.39. The maximum absolute atomic E-state index is 10.2. The third kappa shape index (κ3) is 9.64. The van der Waals surface area contributed by atoms with Gasteiger partial charge in [-0.15, -0.1) is 12.4 Å². The number of halogens is 1. The Morgan fingerprint density at radius 3 is 2.46 bits per heavy atom. The van der Waals surface area contributed by atoms with Gasteiger partial charge in [0.05, 0.1) is 6.42 Å². The van der Waals surface area contributed by atoms with Crippen LogP contribution in [0.3, 0.4) is 0 Å². The molecule has 0 aromatic rings. The molecular formula is C9H20ClNO2. The van der Waals surface area contributed by atoms with E-state index < -0.39 is 5.97 Å². The van der Waals surface area contributed by atoms with Crippen LogP contribution in [0.15, 0.2) is 0 Å². The van der Waals surface area contributed by atoms with Crippen molar-refractivity contribution in [2.75, 3.05) is 20.1 Å². The van der Waals surface area contributed by atoms with Crippen LogP contribution in [-0.4, -0.2) is 36.1 Å². The Kier molecular flexibility index (Phi) is 9.74. The molecule has 3 nitrogen and oxygen atoms in total. The molecule has 13 heavy (non-hydrogen) atoms. The molecule has 1 unspecified atom stereocenters. The smallest absolute Gasteiger partial charge is 0.304 e. The lowest BCUT2D eigenvalue weighted by atomic mass is 10.1. The summed E-state index contributed by atoms with van der Waals surface area (Å²) in [5.41, 5.74) is 0. The summed E-state index contributed by atoms with van der Waals surface area (Å²) >= 11 is 0. The molecule has 4 heteroatoms. The van der Waals surface area contributed by atoms with Gasteiger partial charge >= 0.3 is 5.97 Å². The minimum absolute atomic E-state index is 0. The normalized spacial score (nSPS) is 12.3. The van der Waals surface area contributed by atoms with Gasteiger partial charge in [0.15, 0.2) is 0 Å². The topological polar surface area (TPSA) is 40.5 Å². The third-order valence-corrected chi connectivity index (χ3v) is 2.03. The molecule has 0 fully saturated rings. The Morgan fingerprint density at radius 1 is 1.54 bits per heavy atom. The number of hydrogen-bond donors (Lipinski definition) is 1. The van der Waals surface area contributed by atoms with Gasteiger partial charge in [-0.1, -0.05) is 20.3 Å². The molecule has 0 aromatic heterocycles. The first-order valence-corrected chi connectivity index (χ1v) is 4.46. The molecule has 80 valence electrons. The molecule has 1 N–H and O–H groups in total. The van der Waals surface area contributed by atoms with Crippen molar-refractivity contribution in [1.82, 2.24) is 4.90 Å². The van der Waals surface area contributed by atoms with Crippen LogP contribution in [0.1, 0.15) is 26.7 Å². The largest absolute Gasteiger partial charge is 0.481 e. The molecular weight excluding hydrogens is 190 g/mol. The molecule has 0 radical (unpaired) electrons. The highest BCUT2D eigenvalue weighted by Crippen LogP contribution is 2.02. The summed E-state index contributed by atoms with van der Waals surface area (Å²) in [5, 5.41) is 8.43. The third-order valence-electron chi connectivity index (χ3n) is 2.03. The van der Waals surface area contributed by atoms with E-state index in [4.69, 9.17) is 5.11 Å². The second kappa shape index (κ2) is 8.32. The van der Waals surface area contributed by atoms with Gasteiger partial charge in [0.25, 0.3) is 0 Å². The molecule has 0 aliphatic heterocycles. The van der Waals surface area contributed by atoms with Crippen molar-refractivity contribution in [3.8, 4) is 0 Å². The number of nitrogens with zero attached hydrogens (tertiary/aromatic N) is 1. The van der Waals surface area contributed by atoms with Crippen LogP contribution in [0.4, 0.5) is 0 Å².